The standard InChI is InChI=1S/C22H27NO4/c1-4-5-14-26-20-12-10-19(11-13-20)22(25)27-15-21(24)23-17(3)18-8-6-16(2)7-9-18/h6-13,17H,4-5,14-15H2,1-3H3,(H,23,24). The number of nitrogens with one attached hydrogen (secondary N) is 1. The van der Waals surface area contributed by atoms with Crippen LogP contribution in [0.4, 0.5) is 0 Å². The molecule has 5 heteroatoms. The fraction of sp³-hybridized carbons (Fsp3) is 0.364. The lowest BCUT2D eigenvalue weighted by molar-refractivity contribution is -0.124. The topological polar surface area (TPSA) is 64.6 Å². The normalized spacial score (nSPS) is 11.5. The molecule has 2 aromatic rings. The molecular weight excluding hydrogens is 342 g/mol. The van der Waals surface area contributed by atoms with Gasteiger partial charge < -0.3 is 14.8 Å². The number of benzene rings is 2. The van der Waals surface area contributed by atoms with Crippen LogP contribution in [0.15, 0.2) is 48.5 Å². The van der Waals surface area contributed by atoms with Crippen molar-refractivity contribution in [1.29, 1.82) is 0 Å². The lowest BCUT2D eigenvalue weighted by Gasteiger charge is -2.14. The Morgan fingerprint density at radius 3 is 2.33 bits per heavy atom. The average molecular weight is 369 g/mol. The van der Waals surface area contributed by atoms with E-state index in [1.807, 2.05) is 38.1 Å². The number of aryl methyl sites for hydroxylation is 1. The number of hydrogen-bond acceptors (Lipinski definition) is 4. The van der Waals surface area contributed by atoms with Gasteiger partial charge in [0.25, 0.3) is 5.91 Å². The predicted molar refractivity (Wildman–Crippen MR) is 105 cm³/mol. The Labute approximate surface area is 160 Å². The Morgan fingerprint density at radius 1 is 1.04 bits per heavy atom. The van der Waals surface area contributed by atoms with Gasteiger partial charge in [0, 0.05) is 0 Å². The second-order valence-electron chi connectivity index (χ2n) is 6.50. The summed E-state index contributed by atoms with van der Waals surface area (Å²) in [5.41, 5.74) is 2.55. The van der Waals surface area contributed by atoms with E-state index in [1.165, 1.54) is 0 Å². The zero-order chi connectivity index (χ0) is 19.6. The SMILES string of the molecule is CCCCOc1ccc(C(=O)OCC(=O)NC(C)c2ccc(C)cc2)cc1. The van der Waals surface area contributed by atoms with Crippen molar-refractivity contribution in [2.45, 2.75) is 39.7 Å². The second-order valence-corrected chi connectivity index (χ2v) is 6.50. The third-order valence-corrected chi connectivity index (χ3v) is 4.15. The van der Waals surface area contributed by atoms with Gasteiger partial charge in [0.05, 0.1) is 18.2 Å². The van der Waals surface area contributed by atoms with Crippen LogP contribution in [-0.2, 0) is 9.53 Å². The summed E-state index contributed by atoms with van der Waals surface area (Å²) in [5.74, 6) is -0.158. The van der Waals surface area contributed by atoms with Gasteiger partial charge in [0.2, 0.25) is 0 Å². The molecule has 2 aromatic carbocycles. The number of ether oxygens (including phenoxy) is 2. The van der Waals surface area contributed by atoms with Gasteiger partial charge in [-0.05, 0) is 50.1 Å². The molecule has 1 atom stereocenters. The molecule has 5 nitrogen and oxygen atoms in total. The highest BCUT2D eigenvalue weighted by atomic mass is 16.5. The summed E-state index contributed by atoms with van der Waals surface area (Å²) in [5, 5.41) is 2.82. The lowest BCUT2D eigenvalue weighted by Crippen LogP contribution is -2.31. The van der Waals surface area contributed by atoms with Gasteiger partial charge >= 0.3 is 5.97 Å². The van der Waals surface area contributed by atoms with Gasteiger partial charge in [0.1, 0.15) is 5.75 Å². The maximum atomic E-state index is 12.1. The molecule has 1 N–H and O–H groups in total. The number of carbonyl (C=O) groups is 2. The molecule has 144 valence electrons. The zero-order valence-corrected chi connectivity index (χ0v) is 16.2. The Kier molecular flexibility index (Phi) is 7.86. The van der Waals surface area contributed by atoms with Crippen LogP contribution in [0.5, 0.6) is 5.75 Å². The molecule has 0 radical (unpaired) electrons. The van der Waals surface area contributed by atoms with Crippen molar-refractivity contribution >= 4 is 11.9 Å². The molecule has 0 aliphatic carbocycles. The monoisotopic (exact) mass is 369 g/mol. The molecule has 2 rings (SSSR count). The van der Waals surface area contributed by atoms with E-state index >= 15 is 0 Å². The summed E-state index contributed by atoms with van der Waals surface area (Å²) in [7, 11) is 0. The number of esters is 1. The zero-order valence-electron chi connectivity index (χ0n) is 16.2. The van der Waals surface area contributed by atoms with E-state index in [4.69, 9.17) is 9.47 Å². The van der Waals surface area contributed by atoms with E-state index in [0.29, 0.717) is 17.9 Å². The molecule has 1 amide bonds. The minimum atomic E-state index is -0.534. The smallest absolute Gasteiger partial charge is 0.338 e. The first kappa shape index (κ1) is 20.5. The molecule has 0 saturated carbocycles. The minimum Gasteiger partial charge on any atom is -0.494 e. The summed E-state index contributed by atoms with van der Waals surface area (Å²) >= 11 is 0. The fourth-order valence-corrected chi connectivity index (χ4v) is 2.46. The minimum absolute atomic E-state index is 0.156. The maximum Gasteiger partial charge on any atom is 0.338 e. The van der Waals surface area contributed by atoms with Gasteiger partial charge in [-0.1, -0.05) is 43.2 Å². The first-order chi connectivity index (χ1) is 13.0. The number of rotatable bonds is 9. The van der Waals surface area contributed by atoms with Crippen LogP contribution in [0.25, 0.3) is 0 Å². The first-order valence-electron chi connectivity index (χ1n) is 9.25. The second kappa shape index (κ2) is 10.4. The number of hydrogen-bond donors (Lipinski definition) is 1. The van der Waals surface area contributed by atoms with Gasteiger partial charge in [0.15, 0.2) is 6.61 Å². The van der Waals surface area contributed by atoms with E-state index in [0.717, 1.165) is 24.0 Å². The lowest BCUT2D eigenvalue weighted by atomic mass is 10.1. The molecule has 0 aliphatic rings. The van der Waals surface area contributed by atoms with Crippen molar-refractivity contribution in [2.75, 3.05) is 13.2 Å². The maximum absolute atomic E-state index is 12.1. The molecular formula is C22H27NO4. The van der Waals surface area contributed by atoms with Gasteiger partial charge in [-0.3, -0.25) is 4.79 Å². The van der Waals surface area contributed by atoms with Crippen LogP contribution >= 0.6 is 0 Å². The van der Waals surface area contributed by atoms with E-state index < -0.39 is 5.97 Å². The third kappa shape index (κ3) is 6.77. The molecule has 1 unspecified atom stereocenters. The molecule has 0 spiro atoms. The van der Waals surface area contributed by atoms with Crippen LogP contribution < -0.4 is 10.1 Å². The highest BCUT2D eigenvalue weighted by Crippen LogP contribution is 2.14. The number of unbranched alkanes of at least 4 members (excludes halogenated alkanes) is 1. The van der Waals surface area contributed by atoms with E-state index in [9.17, 15) is 9.59 Å². The Balaban J connectivity index is 1.78. The summed E-state index contributed by atoms with van der Waals surface area (Å²) in [6, 6.07) is 14.5. The van der Waals surface area contributed by atoms with Crippen LogP contribution in [0.1, 0.15) is 54.2 Å². The van der Waals surface area contributed by atoms with Crippen LogP contribution in [0.2, 0.25) is 0 Å². The van der Waals surface area contributed by atoms with E-state index in [2.05, 4.69) is 12.2 Å². The highest BCUT2D eigenvalue weighted by molar-refractivity contribution is 5.91. The van der Waals surface area contributed by atoms with Gasteiger partial charge in [-0.2, -0.15) is 0 Å². The van der Waals surface area contributed by atoms with Crippen LogP contribution in [0.3, 0.4) is 0 Å². The summed E-state index contributed by atoms with van der Waals surface area (Å²) in [6.45, 7) is 6.33. The number of carbonyl (C=O) groups excluding carboxylic acids is 2. The Hall–Kier alpha value is -2.82. The average Bonchev–Trinajstić information content (AvgIpc) is 2.67. The van der Waals surface area contributed by atoms with E-state index in [-0.39, 0.29) is 18.6 Å². The number of amides is 1. The van der Waals surface area contributed by atoms with Crippen molar-refractivity contribution in [2.24, 2.45) is 0 Å². The summed E-state index contributed by atoms with van der Waals surface area (Å²) in [4.78, 5) is 24.1. The van der Waals surface area contributed by atoms with Crippen LogP contribution in [0, 0.1) is 6.92 Å². The fourth-order valence-electron chi connectivity index (χ4n) is 2.46. The van der Waals surface area contributed by atoms with Gasteiger partial charge in [-0.25, -0.2) is 4.79 Å². The largest absolute Gasteiger partial charge is 0.494 e. The quantitative estimate of drug-likeness (QED) is 0.531. The predicted octanol–water partition coefficient (Wildman–Crippen LogP) is 4.21. The molecule has 0 saturated heterocycles. The van der Waals surface area contributed by atoms with Crippen molar-refractivity contribution in [3.63, 3.8) is 0 Å². The van der Waals surface area contributed by atoms with Crippen molar-refractivity contribution < 1.29 is 19.1 Å². The molecule has 27 heavy (non-hydrogen) atoms. The van der Waals surface area contributed by atoms with Gasteiger partial charge in [-0.15, -0.1) is 0 Å². The molecule has 0 heterocycles. The summed E-state index contributed by atoms with van der Waals surface area (Å²) in [6.07, 6.45) is 2.05. The first-order valence-corrected chi connectivity index (χ1v) is 9.25. The summed E-state index contributed by atoms with van der Waals surface area (Å²) < 4.78 is 10.6. The van der Waals surface area contributed by atoms with E-state index in [1.54, 1.807) is 24.3 Å². The molecule has 0 bridgehead atoms. The highest BCUT2D eigenvalue weighted by Gasteiger charge is 2.13. The van der Waals surface area contributed by atoms with Crippen LogP contribution in [-0.4, -0.2) is 25.1 Å². The third-order valence-electron chi connectivity index (χ3n) is 4.15. The Bertz CT molecular complexity index is 738. The van der Waals surface area contributed by atoms with Crippen molar-refractivity contribution in [3.8, 4) is 5.75 Å². The Morgan fingerprint density at radius 2 is 1.70 bits per heavy atom. The molecule has 0 fully saturated rings. The van der Waals surface area contributed by atoms with Crippen molar-refractivity contribution in [3.05, 3.63) is 65.2 Å². The molecule has 0 aromatic heterocycles. The molecule has 0 aliphatic heterocycles. The van der Waals surface area contributed by atoms with Crippen molar-refractivity contribution in [1.82, 2.24) is 5.32 Å².